The first kappa shape index (κ1) is 29.0. The molecule has 40 heavy (non-hydrogen) atoms. The molecule has 7 heteroatoms. The van der Waals surface area contributed by atoms with Crippen LogP contribution in [0.4, 0.5) is 0 Å². The number of hydrogen-bond donors (Lipinski definition) is 3. The Morgan fingerprint density at radius 1 is 0.750 bits per heavy atom. The number of benzene rings is 4. The van der Waals surface area contributed by atoms with Crippen molar-refractivity contribution in [1.29, 1.82) is 0 Å². The fourth-order valence-corrected chi connectivity index (χ4v) is 5.53. The maximum atomic E-state index is 14.6. The largest absolute Gasteiger partial charge is 0.390 e. The van der Waals surface area contributed by atoms with Crippen molar-refractivity contribution in [3.63, 3.8) is 0 Å². The van der Waals surface area contributed by atoms with E-state index in [2.05, 4.69) is 0 Å². The van der Waals surface area contributed by atoms with Gasteiger partial charge in [0.1, 0.15) is 5.54 Å². The Bertz CT molecular complexity index is 1270. The van der Waals surface area contributed by atoms with E-state index in [1.807, 2.05) is 121 Å². The summed E-state index contributed by atoms with van der Waals surface area (Å²) in [6.45, 7) is 0. The van der Waals surface area contributed by atoms with E-state index in [9.17, 15) is 14.7 Å². The van der Waals surface area contributed by atoms with Crippen LogP contribution in [0.2, 0.25) is 0 Å². The maximum absolute atomic E-state index is 14.6. The fourth-order valence-electron chi connectivity index (χ4n) is 5.32. The predicted molar refractivity (Wildman–Crippen MR) is 159 cm³/mol. The van der Waals surface area contributed by atoms with E-state index in [1.165, 1.54) is 0 Å². The van der Waals surface area contributed by atoms with Crippen LogP contribution in [0.25, 0.3) is 0 Å². The zero-order valence-corrected chi connectivity index (χ0v) is 22.9. The van der Waals surface area contributed by atoms with E-state index in [1.54, 1.807) is 4.90 Å². The Morgan fingerprint density at radius 2 is 1.15 bits per heavy atom. The van der Waals surface area contributed by atoms with Crippen LogP contribution in [0.5, 0.6) is 0 Å². The Hall–Kier alpha value is -3.97. The second-order valence-corrected chi connectivity index (χ2v) is 10.1. The van der Waals surface area contributed by atoms with Crippen LogP contribution in [0.1, 0.15) is 28.7 Å². The number of aliphatic hydroxyl groups excluding tert-OH is 1. The van der Waals surface area contributed by atoms with E-state index in [0.717, 1.165) is 22.3 Å². The molecule has 5 N–H and O–H groups in total. The summed E-state index contributed by atoms with van der Waals surface area (Å²) < 4.78 is 0. The van der Waals surface area contributed by atoms with Crippen molar-refractivity contribution in [2.75, 3.05) is 5.88 Å². The molecule has 0 heterocycles. The van der Waals surface area contributed by atoms with Crippen LogP contribution >= 0.6 is 11.6 Å². The van der Waals surface area contributed by atoms with Crippen molar-refractivity contribution in [3.8, 4) is 0 Å². The molecule has 0 bridgehead atoms. The summed E-state index contributed by atoms with van der Waals surface area (Å²) in [5, 5.41) is 11.5. The molecule has 6 nitrogen and oxygen atoms in total. The molecule has 4 rings (SSSR count). The van der Waals surface area contributed by atoms with Crippen molar-refractivity contribution in [2.24, 2.45) is 11.5 Å². The molecule has 0 radical (unpaired) electrons. The number of hydrogen-bond acceptors (Lipinski definition) is 4. The third kappa shape index (κ3) is 6.10. The van der Waals surface area contributed by atoms with Gasteiger partial charge in [-0.3, -0.25) is 9.59 Å². The predicted octanol–water partition coefficient (Wildman–Crippen LogP) is 4.22. The number of carbonyl (C=O) groups excluding carboxylic acids is 2. The van der Waals surface area contributed by atoms with Crippen molar-refractivity contribution in [3.05, 3.63) is 144 Å². The minimum absolute atomic E-state index is 0.113. The molecule has 0 fully saturated rings. The van der Waals surface area contributed by atoms with Crippen LogP contribution in [0.3, 0.4) is 0 Å². The van der Waals surface area contributed by atoms with E-state index in [0.29, 0.717) is 6.42 Å². The lowest BCUT2D eigenvalue weighted by Crippen LogP contribution is -2.61. The van der Waals surface area contributed by atoms with Gasteiger partial charge in [0, 0.05) is 0 Å². The molecule has 0 saturated heterocycles. The molecule has 1 unspecified atom stereocenters. The third-order valence-electron chi connectivity index (χ3n) is 7.19. The highest BCUT2D eigenvalue weighted by molar-refractivity contribution is 6.18. The number of aliphatic hydroxyl groups is 1. The summed E-state index contributed by atoms with van der Waals surface area (Å²) in [5.74, 6) is -1.33. The fraction of sp³-hybridized carbons (Fsp3) is 0.212. The molecule has 4 aromatic rings. The first-order valence-corrected chi connectivity index (χ1v) is 13.7. The number of amides is 2. The molecule has 0 aromatic heterocycles. The number of nitrogens with zero attached hydrogens (tertiary/aromatic N) is 1. The van der Waals surface area contributed by atoms with Gasteiger partial charge >= 0.3 is 0 Å². The zero-order chi connectivity index (χ0) is 28.5. The summed E-state index contributed by atoms with van der Waals surface area (Å²) in [4.78, 5) is 28.3. The monoisotopic (exact) mass is 555 g/mol. The van der Waals surface area contributed by atoms with Crippen LogP contribution in [0, 0.1) is 0 Å². The molecule has 0 aliphatic heterocycles. The third-order valence-corrected chi connectivity index (χ3v) is 7.50. The topological polar surface area (TPSA) is 110 Å². The second-order valence-electron chi connectivity index (χ2n) is 9.76. The highest BCUT2D eigenvalue weighted by Gasteiger charge is 2.49. The number of halogens is 1. The number of primary amides is 1. The van der Waals surface area contributed by atoms with Crippen LogP contribution < -0.4 is 11.5 Å². The van der Waals surface area contributed by atoms with Gasteiger partial charge in [0.15, 0.2) is 0 Å². The average molecular weight is 556 g/mol. The molecule has 3 atom stereocenters. The number of alkyl halides is 1. The Labute approximate surface area is 240 Å². The Balaban J connectivity index is 2.09. The van der Waals surface area contributed by atoms with Crippen molar-refractivity contribution < 1.29 is 14.7 Å². The lowest BCUT2D eigenvalue weighted by molar-refractivity contribution is -0.143. The van der Waals surface area contributed by atoms with Gasteiger partial charge in [-0.15, -0.1) is 11.6 Å². The average Bonchev–Trinajstić information content (AvgIpc) is 3.00. The zero-order valence-electron chi connectivity index (χ0n) is 22.1. The Morgan fingerprint density at radius 3 is 1.52 bits per heavy atom. The van der Waals surface area contributed by atoms with Gasteiger partial charge in [0.25, 0.3) is 0 Å². The van der Waals surface area contributed by atoms with Gasteiger partial charge in [-0.1, -0.05) is 121 Å². The summed E-state index contributed by atoms with van der Waals surface area (Å²) in [5.41, 5.74) is 13.7. The Kier molecular flexibility index (Phi) is 9.72. The smallest absolute Gasteiger partial charge is 0.234 e. The lowest BCUT2D eigenvalue weighted by Gasteiger charge is -2.50. The van der Waals surface area contributed by atoms with Crippen molar-refractivity contribution in [2.45, 2.75) is 36.6 Å². The van der Waals surface area contributed by atoms with Crippen LogP contribution in [-0.4, -0.2) is 45.9 Å². The number of carbonyl (C=O) groups is 2. The molecular weight excluding hydrogens is 522 g/mol. The minimum Gasteiger partial charge on any atom is -0.390 e. The normalized spacial score (nSPS) is 13.7. The summed E-state index contributed by atoms with van der Waals surface area (Å²) >= 11 is 6.32. The summed E-state index contributed by atoms with van der Waals surface area (Å²) in [6.07, 6.45) is -1.14. The standard InChI is InChI=1S/C33H34ClN3O3/c34-23-30(38)29(21-24-13-5-1-6-14-24)37(31(39)22-28(35)32(36)40)33(25-15-7-2-8-16-25,26-17-9-3-10-18-26)27-19-11-4-12-20-27/h1-20,28-30,38H,21-23,35H2,(H2,36,40)/t28-,29-,30?/m0/s1. The van der Waals surface area contributed by atoms with Gasteiger partial charge in [-0.05, 0) is 28.7 Å². The molecule has 4 aromatic carbocycles. The van der Waals surface area contributed by atoms with Gasteiger partial charge in [0.2, 0.25) is 11.8 Å². The first-order chi connectivity index (χ1) is 19.4. The van der Waals surface area contributed by atoms with Gasteiger partial charge < -0.3 is 21.5 Å². The second kappa shape index (κ2) is 13.4. The van der Waals surface area contributed by atoms with Gasteiger partial charge in [0.05, 0.1) is 30.5 Å². The van der Waals surface area contributed by atoms with E-state index in [-0.39, 0.29) is 12.3 Å². The molecule has 0 aliphatic carbocycles. The summed E-state index contributed by atoms with van der Waals surface area (Å²) in [7, 11) is 0. The summed E-state index contributed by atoms with van der Waals surface area (Å²) in [6, 6.07) is 36.6. The molecule has 2 amide bonds. The van der Waals surface area contributed by atoms with E-state index >= 15 is 0 Å². The van der Waals surface area contributed by atoms with Crippen molar-refractivity contribution >= 4 is 23.4 Å². The lowest BCUT2D eigenvalue weighted by atomic mass is 9.73. The quantitative estimate of drug-likeness (QED) is 0.179. The molecule has 0 saturated carbocycles. The molecule has 0 spiro atoms. The van der Waals surface area contributed by atoms with Crippen LogP contribution in [-0.2, 0) is 21.5 Å². The highest BCUT2D eigenvalue weighted by Crippen LogP contribution is 2.45. The SMILES string of the molecule is NC(=O)[C@@H](N)CC(=O)N([C@@H](Cc1ccccc1)C(O)CCl)C(c1ccccc1)(c1ccccc1)c1ccccc1. The van der Waals surface area contributed by atoms with Crippen molar-refractivity contribution in [1.82, 2.24) is 4.90 Å². The maximum Gasteiger partial charge on any atom is 0.234 e. The van der Waals surface area contributed by atoms with Gasteiger partial charge in [-0.25, -0.2) is 0 Å². The molecule has 0 aliphatic rings. The van der Waals surface area contributed by atoms with E-state index < -0.39 is 35.5 Å². The number of nitrogens with two attached hydrogens (primary N) is 2. The van der Waals surface area contributed by atoms with Gasteiger partial charge in [-0.2, -0.15) is 0 Å². The highest BCUT2D eigenvalue weighted by atomic mass is 35.5. The van der Waals surface area contributed by atoms with Crippen LogP contribution in [0.15, 0.2) is 121 Å². The number of rotatable bonds is 12. The minimum atomic E-state index is -1.22. The molecule has 206 valence electrons. The van der Waals surface area contributed by atoms with E-state index in [4.69, 9.17) is 23.1 Å². The molecular formula is C33H34ClN3O3. The first-order valence-electron chi connectivity index (χ1n) is 13.2.